The van der Waals surface area contributed by atoms with Crippen LogP contribution in [0.1, 0.15) is 49.1 Å². The SMILES string of the molecule is NC1(C2CCCc3ccccc32)CCC1. The monoisotopic (exact) mass is 201 g/mol. The lowest BCUT2D eigenvalue weighted by atomic mass is 9.62. The number of hydrogen-bond donors (Lipinski definition) is 1. The van der Waals surface area contributed by atoms with Crippen LogP contribution in [0.4, 0.5) is 0 Å². The van der Waals surface area contributed by atoms with Gasteiger partial charge in [-0.15, -0.1) is 0 Å². The molecule has 2 N–H and O–H groups in total. The van der Waals surface area contributed by atoms with E-state index in [1.807, 2.05) is 0 Å². The van der Waals surface area contributed by atoms with E-state index in [9.17, 15) is 0 Å². The molecule has 1 fully saturated rings. The summed E-state index contributed by atoms with van der Waals surface area (Å²) in [5.74, 6) is 0.635. The lowest BCUT2D eigenvalue weighted by Gasteiger charge is -2.47. The lowest BCUT2D eigenvalue weighted by Crippen LogP contribution is -2.52. The van der Waals surface area contributed by atoms with Crippen LogP contribution in [0.3, 0.4) is 0 Å². The zero-order valence-electron chi connectivity index (χ0n) is 9.21. The summed E-state index contributed by atoms with van der Waals surface area (Å²) in [5, 5.41) is 0. The van der Waals surface area contributed by atoms with Gasteiger partial charge in [-0.3, -0.25) is 0 Å². The van der Waals surface area contributed by atoms with E-state index in [-0.39, 0.29) is 5.54 Å². The van der Waals surface area contributed by atoms with Gasteiger partial charge in [0.15, 0.2) is 0 Å². The Morgan fingerprint density at radius 3 is 2.67 bits per heavy atom. The summed E-state index contributed by atoms with van der Waals surface area (Å²) in [6.45, 7) is 0. The first-order chi connectivity index (χ1) is 7.30. The Morgan fingerprint density at radius 1 is 1.13 bits per heavy atom. The van der Waals surface area contributed by atoms with Gasteiger partial charge >= 0.3 is 0 Å². The third kappa shape index (κ3) is 1.41. The molecule has 0 spiro atoms. The van der Waals surface area contributed by atoms with Gasteiger partial charge in [0.25, 0.3) is 0 Å². The molecule has 0 aromatic heterocycles. The summed E-state index contributed by atoms with van der Waals surface area (Å²) in [7, 11) is 0. The Morgan fingerprint density at radius 2 is 1.93 bits per heavy atom. The molecule has 80 valence electrons. The highest BCUT2D eigenvalue weighted by Gasteiger charge is 2.42. The van der Waals surface area contributed by atoms with Crippen LogP contribution in [-0.2, 0) is 6.42 Å². The van der Waals surface area contributed by atoms with Crippen molar-refractivity contribution in [3.63, 3.8) is 0 Å². The van der Waals surface area contributed by atoms with Crippen LogP contribution in [0.5, 0.6) is 0 Å². The zero-order chi connectivity index (χ0) is 10.3. The van der Waals surface area contributed by atoms with Crippen LogP contribution in [0.15, 0.2) is 24.3 Å². The van der Waals surface area contributed by atoms with Crippen molar-refractivity contribution in [3.8, 4) is 0 Å². The Labute approximate surface area is 91.7 Å². The first-order valence-corrected chi connectivity index (χ1v) is 6.16. The van der Waals surface area contributed by atoms with Crippen LogP contribution in [0.2, 0.25) is 0 Å². The van der Waals surface area contributed by atoms with Crippen LogP contribution in [0.25, 0.3) is 0 Å². The number of benzene rings is 1. The Kier molecular flexibility index (Phi) is 2.10. The number of nitrogens with two attached hydrogens (primary N) is 1. The maximum Gasteiger partial charge on any atom is 0.0223 e. The molecule has 2 aliphatic carbocycles. The minimum Gasteiger partial charge on any atom is -0.325 e. The van der Waals surface area contributed by atoms with Crippen LogP contribution < -0.4 is 5.73 Å². The molecule has 1 aromatic rings. The second kappa shape index (κ2) is 3.34. The molecule has 0 radical (unpaired) electrons. The van der Waals surface area contributed by atoms with E-state index < -0.39 is 0 Å². The van der Waals surface area contributed by atoms with Gasteiger partial charge in [-0.25, -0.2) is 0 Å². The van der Waals surface area contributed by atoms with Gasteiger partial charge in [-0.1, -0.05) is 24.3 Å². The second-order valence-electron chi connectivity index (χ2n) is 5.23. The van der Waals surface area contributed by atoms with Gasteiger partial charge in [0.1, 0.15) is 0 Å². The van der Waals surface area contributed by atoms with Gasteiger partial charge in [0.2, 0.25) is 0 Å². The Bertz CT molecular complexity index is 365. The lowest BCUT2D eigenvalue weighted by molar-refractivity contribution is 0.186. The minimum absolute atomic E-state index is 0.135. The molecule has 1 saturated carbocycles. The molecular weight excluding hydrogens is 182 g/mol. The van der Waals surface area contributed by atoms with Crippen molar-refractivity contribution in [1.82, 2.24) is 0 Å². The molecule has 15 heavy (non-hydrogen) atoms. The fraction of sp³-hybridized carbons (Fsp3) is 0.571. The summed E-state index contributed by atoms with van der Waals surface area (Å²) in [6, 6.07) is 8.90. The third-order valence-electron chi connectivity index (χ3n) is 4.35. The van der Waals surface area contributed by atoms with Gasteiger partial charge in [-0.05, 0) is 49.7 Å². The molecule has 2 aliphatic rings. The van der Waals surface area contributed by atoms with Crippen LogP contribution in [-0.4, -0.2) is 5.54 Å². The van der Waals surface area contributed by atoms with Crippen molar-refractivity contribution in [3.05, 3.63) is 35.4 Å². The average Bonchev–Trinajstić information content (AvgIpc) is 2.25. The standard InChI is InChI=1S/C14H19N/c15-14(9-4-10-14)13-8-3-6-11-5-1-2-7-12(11)13/h1-2,5,7,13H,3-4,6,8-10,15H2. The highest BCUT2D eigenvalue weighted by atomic mass is 14.8. The summed E-state index contributed by atoms with van der Waals surface area (Å²) in [6.07, 6.45) is 7.66. The predicted octanol–water partition coefficient (Wildman–Crippen LogP) is 2.99. The first-order valence-electron chi connectivity index (χ1n) is 6.16. The summed E-state index contributed by atoms with van der Waals surface area (Å²) in [5.41, 5.74) is 9.72. The molecule has 1 heteroatoms. The maximum absolute atomic E-state index is 6.49. The molecule has 0 heterocycles. The van der Waals surface area contributed by atoms with Crippen LogP contribution >= 0.6 is 0 Å². The van der Waals surface area contributed by atoms with E-state index in [4.69, 9.17) is 5.73 Å². The molecule has 1 nitrogen and oxygen atoms in total. The van der Waals surface area contributed by atoms with Gasteiger partial charge < -0.3 is 5.73 Å². The summed E-state index contributed by atoms with van der Waals surface area (Å²) >= 11 is 0. The number of rotatable bonds is 1. The van der Waals surface area contributed by atoms with E-state index in [1.165, 1.54) is 38.5 Å². The van der Waals surface area contributed by atoms with E-state index in [2.05, 4.69) is 24.3 Å². The largest absolute Gasteiger partial charge is 0.325 e. The predicted molar refractivity (Wildman–Crippen MR) is 62.9 cm³/mol. The second-order valence-corrected chi connectivity index (χ2v) is 5.23. The van der Waals surface area contributed by atoms with Gasteiger partial charge in [0, 0.05) is 11.5 Å². The molecule has 0 aliphatic heterocycles. The normalized spacial score (nSPS) is 27.9. The van der Waals surface area contributed by atoms with E-state index in [0.717, 1.165) is 0 Å². The molecule has 3 rings (SSSR count). The summed E-state index contributed by atoms with van der Waals surface area (Å²) < 4.78 is 0. The van der Waals surface area contributed by atoms with Crippen molar-refractivity contribution in [2.24, 2.45) is 5.73 Å². The fourth-order valence-electron chi connectivity index (χ4n) is 3.28. The summed E-state index contributed by atoms with van der Waals surface area (Å²) in [4.78, 5) is 0. The van der Waals surface area contributed by atoms with Crippen molar-refractivity contribution >= 4 is 0 Å². The highest BCUT2D eigenvalue weighted by molar-refractivity contribution is 5.35. The maximum atomic E-state index is 6.49. The fourth-order valence-corrected chi connectivity index (χ4v) is 3.28. The number of aryl methyl sites for hydroxylation is 1. The topological polar surface area (TPSA) is 26.0 Å². The highest BCUT2D eigenvalue weighted by Crippen LogP contribution is 2.46. The van der Waals surface area contributed by atoms with E-state index in [1.54, 1.807) is 11.1 Å². The minimum atomic E-state index is 0.135. The van der Waals surface area contributed by atoms with Crippen molar-refractivity contribution in [2.75, 3.05) is 0 Å². The Balaban J connectivity index is 1.98. The third-order valence-corrected chi connectivity index (χ3v) is 4.35. The quantitative estimate of drug-likeness (QED) is 0.742. The Hall–Kier alpha value is -0.820. The molecule has 0 bridgehead atoms. The van der Waals surface area contributed by atoms with Crippen LogP contribution in [0, 0.1) is 0 Å². The number of fused-ring (bicyclic) bond motifs is 1. The smallest absolute Gasteiger partial charge is 0.0223 e. The van der Waals surface area contributed by atoms with E-state index in [0.29, 0.717) is 5.92 Å². The average molecular weight is 201 g/mol. The van der Waals surface area contributed by atoms with Gasteiger partial charge in [0.05, 0.1) is 0 Å². The number of hydrogen-bond acceptors (Lipinski definition) is 1. The molecule has 1 atom stereocenters. The molecule has 0 amide bonds. The van der Waals surface area contributed by atoms with Crippen molar-refractivity contribution in [1.29, 1.82) is 0 Å². The van der Waals surface area contributed by atoms with E-state index >= 15 is 0 Å². The first kappa shape index (κ1) is 9.41. The molecular formula is C14H19N. The van der Waals surface area contributed by atoms with Gasteiger partial charge in [-0.2, -0.15) is 0 Å². The molecule has 1 aromatic carbocycles. The van der Waals surface area contributed by atoms with Crippen molar-refractivity contribution < 1.29 is 0 Å². The molecule has 0 saturated heterocycles. The zero-order valence-corrected chi connectivity index (χ0v) is 9.21. The van der Waals surface area contributed by atoms with Crippen molar-refractivity contribution in [2.45, 2.75) is 50.0 Å². The molecule has 1 unspecified atom stereocenters.